The average molecular weight is 391 g/mol. The minimum absolute atomic E-state index is 0.427. The van der Waals surface area contributed by atoms with Crippen molar-refractivity contribution >= 4 is 33.1 Å². The molecule has 0 aliphatic heterocycles. The van der Waals surface area contributed by atoms with Crippen LogP contribution >= 0.6 is 0 Å². The molecular formula is C24H17N5O. The Hall–Kier alpha value is -4.06. The number of benzene rings is 3. The van der Waals surface area contributed by atoms with Crippen LogP contribution in [0.25, 0.3) is 44.6 Å². The Morgan fingerprint density at radius 2 is 1.60 bits per heavy atom. The summed E-state index contributed by atoms with van der Waals surface area (Å²) in [5.74, 6) is 1.04. The van der Waals surface area contributed by atoms with E-state index in [9.17, 15) is 0 Å². The van der Waals surface area contributed by atoms with E-state index in [2.05, 4.69) is 39.9 Å². The van der Waals surface area contributed by atoms with Crippen molar-refractivity contribution in [3.05, 3.63) is 84.3 Å². The third-order valence-electron chi connectivity index (χ3n) is 5.29. The summed E-state index contributed by atoms with van der Waals surface area (Å²) in [7, 11) is 0. The van der Waals surface area contributed by atoms with Gasteiger partial charge in [0.05, 0.1) is 16.6 Å². The number of aryl methyl sites for hydroxylation is 1. The van der Waals surface area contributed by atoms with Gasteiger partial charge in [-0.1, -0.05) is 42.0 Å². The van der Waals surface area contributed by atoms with Gasteiger partial charge in [-0.25, -0.2) is 9.97 Å². The zero-order valence-corrected chi connectivity index (χ0v) is 16.3. The molecule has 6 heteroatoms. The van der Waals surface area contributed by atoms with Crippen LogP contribution in [-0.2, 0) is 6.54 Å². The fourth-order valence-electron chi connectivity index (χ4n) is 3.86. The molecule has 0 radical (unpaired) electrons. The number of hydrogen-bond acceptors (Lipinski definition) is 5. The van der Waals surface area contributed by atoms with Crippen molar-refractivity contribution < 1.29 is 4.42 Å². The Morgan fingerprint density at radius 3 is 2.43 bits per heavy atom. The molecule has 30 heavy (non-hydrogen) atoms. The third-order valence-corrected chi connectivity index (χ3v) is 5.29. The Bertz CT molecular complexity index is 1530. The lowest BCUT2D eigenvalue weighted by atomic mass is 10.1. The Morgan fingerprint density at radius 1 is 0.833 bits per heavy atom. The zero-order valence-electron chi connectivity index (χ0n) is 16.3. The monoisotopic (exact) mass is 391 g/mol. The van der Waals surface area contributed by atoms with Crippen LogP contribution in [-0.4, -0.2) is 24.7 Å². The van der Waals surface area contributed by atoms with Crippen molar-refractivity contribution in [1.29, 1.82) is 0 Å². The van der Waals surface area contributed by atoms with E-state index in [4.69, 9.17) is 14.4 Å². The summed E-state index contributed by atoms with van der Waals surface area (Å²) in [5, 5.41) is 9.58. The van der Waals surface area contributed by atoms with Gasteiger partial charge in [-0.05, 0) is 43.3 Å². The highest BCUT2D eigenvalue weighted by Gasteiger charge is 2.17. The molecule has 0 amide bonds. The van der Waals surface area contributed by atoms with Crippen LogP contribution in [0.4, 0.5) is 0 Å². The second-order valence-corrected chi connectivity index (χ2v) is 7.36. The summed E-state index contributed by atoms with van der Waals surface area (Å²) in [4.78, 5) is 9.83. The first-order valence-electron chi connectivity index (χ1n) is 9.79. The van der Waals surface area contributed by atoms with Gasteiger partial charge in [-0.3, -0.25) is 0 Å². The summed E-state index contributed by atoms with van der Waals surface area (Å²) in [6, 6.07) is 24.1. The number of nitrogens with zero attached hydrogens (tertiary/aromatic N) is 5. The Labute approximate surface area is 171 Å². The standard InChI is InChI=1S/C24H17N5O/c1-15-11-12-20-17(13-15)22-23(26-19-10-6-5-9-18(19)25-22)29(20)14-21-27-28-24(30-21)16-7-3-2-4-8-16/h2-13H,14H2,1H3. The molecule has 6 aromatic rings. The van der Waals surface area contributed by atoms with Crippen molar-refractivity contribution in [2.24, 2.45) is 0 Å². The molecule has 3 heterocycles. The first-order chi connectivity index (χ1) is 14.8. The fraction of sp³-hybridized carbons (Fsp3) is 0.0833. The molecule has 6 nitrogen and oxygen atoms in total. The number of aromatic nitrogens is 5. The smallest absolute Gasteiger partial charge is 0.247 e. The third kappa shape index (κ3) is 2.65. The van der Waals surface area contributed by atoms with Crippen LogP contribution in [0, 0.1) is 6.92 Å². The van der Waals surface area contributed by atoms with E-state index in [1.165, 1.54) is 5.56 Å². The van der Waals surface area contributed by atoms with Crippen molar-refractivity contribution in [2.45, 2.75) is 13.5 Å². The van der Waals surface area contributed by atoms with Gasteiger partial charge in [0.1, 0.15) is 12.1 Å². The maximum absolute atomic E-state index is 5.96. The molecule has 0 spiro atoms. The summed E-state index contributed by atoms with van der Waals surface area (Å²) < 4.78 is 8.06. The van der Waals surface area contributed by atoms with Crippen LogP contribution in [0.1, 0.15) is 11.5 Å². The van der Waals surface area contributed by atoms with Crippen molar-refractivity contribution in [2.75, 3.05) is 0 Å². The minimum atomic E-state index is 0.427. The first kappa shape index (κ1) is 16.9. The summed E-state index contributed by atoms with van der Waals surface area (Å²) >= 11 is 0. The van der Waals surface area contributed by atoms with Crippen LogP contribution < -0.4 is 0 Å². The molecule has 0 fully saturated rings. The van der Waals surface area contributed by atoms with E-state index in [0.717, 1.165) is 38.7 Å². The topological polar surface area (TPSA) is 69.6 Å². The van der Waals surface area contributed by atoms with Crippen LogP contribution in [0.2, 0.25) is 0 Å². The van der Waals surface area contributed by atoms with Gasteiger partial charge in [-0.15, -0.1) is 10.2 Å². The molecule has 3 aromatic carbocycles. The van der Waals surface area contributed by atoms with Gasteiger partial charge in [0, 0.05) is 10.9 Å². The molecule has 0 N–H and O–H groups in total. The van der Waals surface area contributed by atoms with Gasteiger partial charge in [-0.2, -0.15) is 0 Å². The van der Waals surface area contributed by atoms with Gasteiger partial charge in [0.25, 0.3) is 0 Å². The van der Waals surface area contributed by atoms with Crippen LogP contribution in [0.3, 0.4) is 0 Å². The lowest BCUT2D eigenvalue weighted by molar-refractivity contribution is 0.494. The molecule has 0 unspecified atom stereocenters. The molecule has 0 bridgehead atoms. The van der Waals surface area contributed by atoms with E-state index in [1.807, 2.05) is 54.6 Å². The van der Waals surface area contributed by atoms with Gasteiger partial charge < -0.3 is 8.98 Å². The predicted octanol–water partition coefficient (Wildman–Crippen LogP) is 5.14. The van der Waals surface area contributed by atoms with E-state index in [0.29, 0.717) is 18.3 Å². The van der Waals surface area contributed by atoms with Gasteiger partial charge in [0.2, 0.25) is 11.8 Å². The Balaban J connectivity index is 1.54. The second-order valence-electron chi connectivity index (χ2n) is 7.36. The van der Waals surface area contributed by atoms with Crippen molar-refractivity contribution in [3.63, 3.8) is 0 Å². The number of rotatable bonds is 3. The molecular weight excluding hydrogens is 374 g/mol. The molecule has 0 saturated carbocycles. The molecule has 0 aliphatic rings. The molecule has 6 rings (SSSR count). The van der Waals surface area contributed by atoms with Crippen molar-refractivity contribution in [3.8, 4) is 11.5 Å². The molecule has 0 aliphatic carbocycles. The fourth-order valence-corrected chi connectivity index (χ4v) is 3.86. The summed E-state index contributed by atoms with van der Waals surface area (Å²) in [5.41, 5.74) is 6.57. The molecule has 0 atom stereocenters. The molecule has 144 valence electrons. The largest absolute Gasteiger partial charge is 0.419 e. The highest BCUT2D eigenvalue weighted by Crippen LogP contribution is 2.30. The van der Waals surface area contributed by atoms with E-state index in [-0.39, 0.29) is 0 Å². The van der Waals surface area contributed by atoms with Crippen molar-refractivity contribution in [1.82, 2.24) is 24.7 Å². The lowest BCUT2D eigenvalue weighted by Crippen LogP contribution is -2.01. The maximum atomic E-state index is 5.96. The summed E-state index contributed by atoms with van der Waals surface area (Å²) in [6.07, 6.45) is 0. The summed E-state index contributed by atoms with van der Waals surface area (Å²) in [6.45, 7) is 2.51. The second kappa shape index (κ2) is 6.49. The zero-order chi connectivity index (χ0) is 20.1. The van der Waals surface area contributed by atoms with Gasteiger partial charge in [0.15, 0.2) is 5.65 Å². The Kier molecular flexibility index (Phi) is 3.64. The number of fused-ring (bicyclic) bond motifs is 4. The highest BCUT2D eigenvalue weighted by molar-refractivity contribution is 6.06. The average Bonchev–Trinajstić information content (AvgIpc) is 3.36. The van der Waals surface area contributed by atoms with Crippen LogP contribution in [0.5, 0.6) is 0 Å². The van der Waals surface area contributed by atoms with E-state index < -0.39 is 0 Å². The normalized spacial score (nSPS) is 11.6. The number of hydrogen-bond donors (Lipinski definition) is 0. The predicted molar refractivity (Wildman–Crippen MR) is 116 cm³/mol. The van der Waals surface area contributed by atoms with Crippen LogP contribution in [0.15, 0.2) is 77.2 Å². The number of para-hydroxylation sites is 2. The SMILES string of the molecule is Cc1ccc2c(c1)c1nc3ccccc3nc1n2Cc1nnc(-c2ccccc2)o1. The highest BCUT2D eigenvalue weighted by atomic mass is 16.4. The molecule has 0 saturated heterocycles. The van der Waals surface area contributed by atoms with E-state index >= 15 is 0 Å². The first-order valence-corrected chi connectivity index (χ1v) is 9.79. The lowest BCUT2D eigenvalue weighted by Gasteiger charge is -2.04. The van der Waals surface area contributed by atoms with E-state index in [1.54, 1.807) is 0 Å². The maximum Gasteiger partial charge on any atom is 0.247 e. The molecule has 3 aromatic heterocycles. The quantitative estimate of drug-likeness (QED) is 0.417. The van der Waals surface area contributed by atoms with Gasteiger partial charge >= 0.3 is 0 Å². The minimum Gasteiger partial charge on any atom is -0.419 e.